The zero-order valence-electron chi connectivity index (χ0n) is 11.7. The third-order valence-electron chi connectivity index (χ3n) is 3.19. The first-order chi connectivity index (χ1) is 10.3. The predicted octanol–water partition coefficient (Wildman–Crippen LogP) is 3.90. The van der Waals surface area contributed by atoms with E-state index in [2.05, 4.69) is 5.32 Å². The van der Waals surface area contributed by atoms with E-state index in [9.17, 15) is 23.1 Å². The van der Waals surface area contributed by atoms with Gasteiger partial charge >= 0.3 is 6.18 Å². The van der Waals surface area contributed by atoms with Crippen molar-refractivity contribution in [2.45, 2.75) is 19.5 Å². The van der Waals surface area contributed by atoms with E-state index in [1.807, 2.05) is 0 Å². The number of hydrogen-bond donors (Lipinski definition) is 2. The van der Waals surface area contributed by atoms with E-state index >= 15 is 0 Å². The molecule has 0 aliphatic carbocycles. The van der Waals surface area contributed by atoms with Gasteiger partial charge in [0, 0.05) is 0 Å². The number of rotatable bonds is 3. The standard InChI is InChI=1S/C16H14F3NO2/c1-10-5-4-8-13(21)15(10)20-14(22)9-11-6-2-3-7-12(11)16(17,18)19/h2-8,21H,9H2,1H3,(H,20,22). The molecule has 2 aromatic carbocycles. The predicted molar refractivity (Wildman–Crippen MR) is 76.6 cm³/mol. The van der Waals surface area contributed by atoms with Crippen molar-refractivity contribution in [2.75, 3.05) is 5.32 Å². The van der Waals surface area contributed by atoms with Crippen molar-refractivity contribution in [1.82, 2.24) is 0 Å². The van der Waals surface area contributed by atoms with Gasteiger partial charge in [-0.2, -0.15) is 13.2 Å². The molecule has 0 aromatic heterocycles. The topological polar surface area (TPSA) is 49.3 Å². The lowest BCUT2D eigenvalue weighted by Gasteiger charge is -2.14. The van der Waals surface area contributed by atoms with Gasteiger partial charge < -0.3 is 10.4 Å². The Morgan fingerprint density at radius 2 is 1.82 bits per heavy atom. The van der Waals surface area contributed by atoms with Crippen LogP contribution in [0.15, 0.2) is 42.5 Å². The molecular weight excluding hydrogens is 295 g/mol. The lowest BCUT2D eigenvalue weighted by molar-refractivity contribution is -0.138. The zero-order valence-corrected chi connectivity index (χ0v) is 11.7. The number of phenols is 1. The SMILES string of the molecule is Cc1cccc(O)c1NC(=O)Cc1ccccc1C(F)(F)F. The molecule has 0 aliphatic heterocycles. The van der Waals surface area contributed by atoms with Crippen molar-refractivity contribution >= 4 is 11.6 Å². The Hall–Kier alpha value is -2.50. The van der Waals surface area contributed by atoms with Crippen LogP contribution in [-0.2, 0) is 17.4 Å². The van der Waals surface area contributed by atoms with E-state index in [1.165, 1.54) is 24.3 Å². The lowest BCUT2D eigenvalue weighted by atomic mass is 10.0. The van der Waals surface area contributed by atoms with Crippen LogP contribution in [0.1, 0.15) is 16.7 Å². The lowest BCUT2D eigenvalue weighted by Crippen LogP contribution is -2.18. The van der Waals surface area contributed by atoms with Gasteiger partial charge in [-0.25, -0.2) is 0 Å². The minimum absolute atomic E-state index is 0.111. The largest absolute Gasteiger partial charge is 0.506 e. The minimum atomic E-state index is -4.51. The number of carbonyl (C=O) groups is 1. The zero-order chi connectivity index (χ0) is 16.3. The highest BCUT2D eigenvalue weighted by Gasteiger charge is 2.33. The highest BCUT2D eigenvalue weighted by Crippen LogP contribution is 2.32. The Morgan fingerprint density at radius 3 is 2.45 bits per heavy atom. The van der Waals surface area contributed by atoms with Crippen LogP contribution >= 0.6 is 0 Å². The number of para-hydroxylation sites is 1. The Bertz CT molecular complexity index is 676. The minimum Gasteiger partial charge on any atom is -0.506 e. The van der Waals surface area contributed by atoms with Gasteiger partial charge in [-0.1, -0.05) is 30.3 Å². The van der Waals surface area contributed by atoms with Gasteiger partial charge in [0.25, 0.3) is 0 Å². The summed E-state index contributed by atoms with van der Waals surface area (Å²) >= 11 is 0. The third-order valence-corrected chi connectivity index (χ3v) is 3.19. The maximum absolute atomic E-state index is 12.9. The van der Waals surface area contributed by atoms with Gasteiger partial charge in [-0.15, -0.1) is 0 Å². The summed E-state index contributed by atoms with van der Waals surface area (Å²) in [5.41, 5.74) is -0.117. The Labute approximate surface area is 125 Å². The molecule has 0 unspecified atom stereocenters. The van der Waals surface area contributed by atoms with E-state index in [-0.39, 0.29) is 17.0 Å². The second-order valence-corrected chi connectivity index (χ2v) is 4.85. The maximum atomic E-state index is 12.9. The van der Waals surface area contributed by atoms with Crippen molar-refractivity contribution in [3.63, 3.8) is 0 Å². The fourth-order valence-corrected chi connectivity index (χ4v) is 2.12. The van der Waals surface area contributed by atoms with Gasteiger partial charge in [0.1, 0.15) is 5.75 Å². The first kappa shape index (κ1) is 15.9. The molecule has 22 heavy (non-hydrogen) atoms. The van der Waals surface area contributed by atoms with Crippen LogP contribution in [0.25, 0.3) is 0 Å². The van der Waals surface area contributed by atoms with E-state index in [0.717, 1.165) is 6.07 Å². The molecule has 0 fully saturated rings. The highest BCUT2D eigenvalue weighted by molar-refractivity contribution is 5.94. The van der Waals surface area contributed by atoms with Crippen LogP contribution in [0.3, 0.4) is 0 Å². The molecule has 0 spiro atoms. The molecule has 2 rings (SSSR count). The second kappa shape index (κ2) is 6.09. The summed E-state index contributed by atoms with van der Waals surface area (Å²) in [5.74, 6) is -0.751. The van der Waals surface area contributed by atoms with Crippen molar-refractivity contribution in [1.29, 1.82) is 0 Å². The number of anilines is 1. The molecule has 0 heterocycles. The molecule has 6 heteroatoms. The first-order valence-electron chi connectivity index (χ1n) is 6.52. The van der Waals surface area contributed by atoms with Crippen LogP contribution in [0, 0.1) is 6.92 Å². The number of benzene rings is 2. The van der Waals surface area contributed by atoms with Crippen LogP contribution < -0.4 is 5.32 Å². The molecule has 0 atom stereocenters. The summed E-state index contributed by atoms with van der Waals surface area (Å²) in [4.78, 5) is 12.0. The molecule has 2 N–H and O–H groups in total. The van der Waals surface area contributed by atoms with Crippen molar-refractivity contribution in [3.05, 3.63) is 59.2 Å². The van der Waals surface area contributed by atoms with E-state index in [0.29, 0.717) is 5.56 Å². The normalized spacial score (nSPS) is 11.3. The summed E-state index contributed by atoms with van der Waals surface area (Å²) in [7, 11) is 0. The average Bonchev–Trinajstić information content (AvgIpc) is 2.42. The smallest absolute Gasteiger partial charge is 0.416 e. The molecule has 0 bridgehead atoms. The third kappa shape index (κ3) is 3.58. The van der Waals surface area contributed by atoms with E-state index < -0.39 is 24.1 Å². The summed E-state index contributed by atoms with van der Waals surface area (Å²) < 4.78 is 38.6. The highest BCUT2D eigenvalue weighted by atomic mass is 19.4. The molecule has 0 saturated heterocycles. The molecule has 1 amide bonds. The molecule has 2 aromatic rings. The Balaban J connectivity index is 2.20. The van der Waals surface area contributed by atoms with Gasteiger partial charge in [0.15, 0.2) is 0 Å². The molecular formula is C16H14F3NO2. The fraction of sp³-hybridized carbons (Fsp3) is 0.188. The molecule has 116 valence electrons. The maximum Gasteiger partial charge on any atom is 0.416 e. The number of amides is 1. The summed E-state index contributed by atoms with van der Waals surface area (Å²) in [6.07, 6.45) is -4.94. The van der Waals surface area contributed by atoms with E-state index in [1.54, 1.807) is 19.1 Å². The van der Waals surface area contributed by atoms with Gasteiger partial charge in [0.2, 0.25) is 5.91 Å². The number of hydrogen-bond acceptors (Lipinski definition) is 2. The van der Waals surface area contributed by atoms with Gasteiger partial charge in [-0.3, -0.25) is 4.79 Å². The number of aromatic hydroxyl groups is 1. The van der Waals surface area contributed by atoms with Crippen LogP contribution in [0.4, 0.5) is 18.9 Å². The quantitative estimate of drug-likeness (QED) is 0.845. The fourth-order valence-electron chi connectivity index (χ4n) is 2.12. The molecule has 0 radical (unpaired) electrons. The number of nitrogens with one attached hydrogen (secondary N) is 1. The summed E-state index contributed by atoms with van der Waals surface area (Å²) in [5, 5.41) is 12.1. The number of phenolic OH excluding ortho intramolecular Hbond substituents is 1. The monoisotopic (exact) mass is 309 g/mol. The first-order valence-corrected chi connectivity index (χ1v) is 6.52. The van der Waals surface area contributed by atoms with Gasteiger partial charge in [0.05, 0.1) is 17.7 Å². The summed E-state index contributed by atoms with van der Waals surface area (Å²) in [6, 6.07) is 9.61. The molecule has 3 nitrogen and oxygen atoms in total. The van der Waals surface area contributed by atoms with Gasteiger partial charge in [-0.05, 0) is 30.2 Å². The van der Waals surface area contributed by atoms with Crippen LogP contribution in [-0.4, -0.2) is 11.0 Å². The van der Waals surface area contributed by atoms with E-state index in [4.69, 9.17) is 0 Å². The van der Waals surface area contributed by atoms with Crippen molar-refractivity contribution in [2.24, 2.45) is 0 Å². The van der Waals surface area contributed by atoms with Crippen molar-refractivity contribution < 1.29 is 23.1 Å². The second-order valence-electron chi connectivity index (χ2n) is 4.85. The van der Waals surface area contributed by atoms with Crippen LogP contribution in [0.2, 0.25) is 0 Å². The average molecular weight is 309 g/mol. The number of carbonyl (C=O) groups excluding carboxylic acids is 1. The molecule has 0 saturated carbocycles. The molecule has 0 aliphatic rings. The number of aryl methyl sites for hydroxylation is 1. The van der Waals surface area contributed by atoms with Crippen LogP contribution in [0.5, 0.6) is 5.75 Å². The number of alkyl halides is 3. The number of halogens is 3. The van der Waals surface area contributed by atoms with Crippen molar-refractivity contribution in [3.8, 4) is 5.75 Å². The summed E-state index contributed by atoms with van der Waals surface area (Å²) in [6.45, 7) is 1.68. The Kier molecular flexibility index (Phi) is 4.40. The Morgan fingerprint density at radius 1 is 1.14 bits per heavy atom.